The number of hydrogen-bond acceptors (Lipinski definition) is 5. The molecule has 0 aliphatic carbocycles. The summed E-state index contributed by atoms with van der Waals surface area (Å²) in [5, 5.41) is 3.56. The zero-order valence-electron chi connectivity index (χ0n) is 27.6. The van der Waals surface area contributed by atoms with Gasteiger partial charge in [-0.05, 0) is 109 Å². The third-order valence-electron chi connectivity index (χ3n) is 10.1. The van der Waals surface area contributed by atoms with Crippen molar-refractivity contribution in [2.45, 2.75) is 32.6 Å². The first kappa shape index (κ1) is 29.2. The molecule has 48 heavy (non-hydrogen) atoms. The van der Waals surface area contributed by atoms with E-state index in [0.717, 1.165) is 56.8 Å². The lowest BCUT2D eigenvalue weighted by Gasteiger charge is -2.35. The fourth-order valence-corrected chi connectivity index (χ4v) is 8.23. The molecule has 6 aromatic carbocycles. The molecule has 9 rings (SSSR count). The van der Waals surface area contributed by atoms with Crippen molar-refractivity contribution in [1.29, 1.82) is 0 Å². The van der Waals surface area contributed by atoms with E-state index in [1.165, 1.54) is 49.0 Å². The zero-order valence-corrected chi connectivity index (χ0v) is 28.4. The predicted octanol–water partition coefficient (Wildman–Crippen LogP) is 6.74. The molecular weight excluding hydrogens is 608 g/mol. The summed E-state index contributed by atoms with van der Waals surface area (Å²) in [6, 6.07) is 36.5. The first-order valence-electron chi connectivity index (χ1n) is 16.4. The van der Waals surface area contributed by atoms with E-state index in [4.69, 9.17) is 14.2 Å². The lowest BCUT2D eigenvalue weighted by Crippen LogP contribution is -2.61. The Balaban J connectivity index is 1.26. The molecule has 0 fully saturated rings. The molecular formula is C41H33B2NO3S. The summed E-state index contributed by atoms with van der Waals surface area (Å²) in [7, 11) is 0. The molecule has 3 heterocycles. The lowest BCUT2D eigenvalue weighted by molar-refractivity contribution is 0.464. The van der Waals surface area contributed by atoms with Gasteiger partial charge in [0.15, 0.2) is 0 Å². The number of anilines is 2. The van der Waals surface area contributed by atoms with Crippen molar-refractivity contribution < 1.29 is 14.2 Å². The Morgan fingerprint density at radius 2 is 1.06 bits per heavy atom. The van der Waals surface area contributed by atoms with Gasteiger partial charge >= 0.3 is 0 Å². The Morgan fingerprint density at radius 3 is 1.81 bits per heavy atom. The Labute approximate surface area is 286 Å². The lowest BCUT2D eigenvalue weighted by atomic mass is 9.31. The van der Waals surface area contributed by atoms with Gasteiger partial charge in [-0.1, -0.05) is 65.1 Å². The minimum Gasteiger partial charge on any atom is -0.458 e. The van der Waals surface area contributed by atoms with Gasteiger partial charge in [0.2, 0.25) is 0 Å². The highest BCUT2D eigenvalue weighted by Crippen LogP contribution is 2.39. The molecule has 0 amide bonds. The van der Waals surface area contributed by atoms with Crippen LogP contribution in [0.4, 0.5) is 11.4 Å². The molecule has 0 radical (unpaired) electrons. The average molecular weight is 641 g/mol. The molecule has 4 nitrogen and oxygen atoms in total. The maximum Gasteiger partial charge on any atom is 0.260 e. The third-order valence-corrected chi connectivity index (χ3v) is 10.9. The smallest absolute Gasteiger partial charge is 0.260 e. The number of rotatable bonds is 4. The molecule has 7 heteroatoms. The summed E-state index contributed by atoms with van der Waals surface area (Å²) in [6.45, 7) is 8.73. The standard InChI is InChI=1S/C41H33B2NO3S/c1-23-16-32-35(17-24(23)2)46-37-19-28(44-27-11-7-6-8-12-27)20-38-41(37)43(32)33-22-31(25(3)18-36(33)47-38)42-30-13-9-10-14-34(30)45-39-21-29(48-5)15-26(4)40(39)42/h6-22,44H,1-5H3. The molecule has 0 atom stereocenters. The molecule has 232 valence electrons. The van der Waals surface area contributed by atoms with Crippen LogP contribution in [-0.2, 0) is 0 Å². The van der Waals surface area contributed by atoms with Gasteiger partial charge in [0.1, 0.15) is 34.5 Å². The van der Waals surface area contributed by atoms with Gasteiger partial charge < -0.3 is 19.5 Å². The summed E-state index contributed by atoms with van der Waals surface area (Å²) in [4.78, 5) is 1.20. The Bertz CT molecular complexity index is 2290. The molecule has 1 N–H and O–H groups in total. The van der Waals surface area contributed by atoms with E-state index < -0.39 is 0 Å². The number of thioether (sulfide) groups is 1. The topological polar surface area (TPSA) is 39.7 Å². The van der Waals surface area contributed by atoms with E-state index in [1.54, 1.807) is 11.8 Å². The summed E-state index contributed by atoms with van der Waals surface area (Å²) >= 11 is 1.74. The summed E-state index contributed by atoms with van der Waals surface area (Å²) in [5.41, 5.74) is 13.9. The molecule has 0 bridgehead atoms. The second kappa shape index (κ2) is 11.0. The SMILES string of the molecule is CSc1cc(C)c2c(c1)Oc1ccccc1B2c1cc2c(cc1C)Oc1cc(Nc3ccccc3)cc3c1B2c1cc(C)c(C)cc1O3. The van der Waals surface area contributed by atoms with Crippen LogP contribution >= 0.6 is 11.8 Å². The summed E-state index contributed by atoms with van der Waals surface area (Å²) in [5.74, 6) is 5.27. The van der Waals surface area contributed by atoms with E-state index in [0.29, 0.717) is 0 Å². The van der Waals surface area contributed by atoms with Crippen LogP contribution in [0.1, 0.15) is 22.3 Å². The summed E-state index contributed by atoms with van der Waals surface area (Å²) in [6.07, 6.45) is 2.12. The van der Waals surface area contributed by atoms with Crippen molar-refractivity contribution in [3.8, 4) is 34.5 Å². The van der Waals surface area contributed by atoms with Crippen LogP contribution < -0.4 is 52.3 Å². The van der Waals surface area contributed by atoms with Gasteiger partial charge in [-0.3, -0.25) is 0 Å². The van der Waals surface area contributed by atoms with Crippen molar-refractivity contribution in [2.75, 3.05) is 11.6 Å². The third kappa shape index (κ3) is 4.56. The summed E-state index contributed by atoms with van der Waals surface area (Å²) < 4.78 is 20.1. The van der Waals surface area contributed by atoms with E-state index >= 15 is 0 Å². The average Bonchev–Trinajstić information content (AvgIpc) is 3.08. The highest BCUT2D eigenvalue weighted by atomic mass is 32.2. The van der Waals surface area contributed by atoms with Gasteiger partial charge in [0.25, 0.3) is 13.4 Å². The fourth-order valence-electron chi connectivity index (χ4n) is 7.71. The number of benzene rings is 6. The number of aryl methyl sites for hydroxylation is 4. The number of ether oxygens (including phenoxy) is 3. The second-order valence-electron chi connectivity index (χ2n) is 13.2. The number of fused-ring (bicyclic) bond motifs is 6. The predicted molar refractivity (Wildman–Crippen MR) is 202 cm³/mol. The van der Waals surface area contributed by atoms with E-state index in [2.05, 4.69) is 124 Å². The van der Waals surface area contributed by atoms with Crippen LogP contribution in [0, 0.1) is 27.7 Å². The van der Waals surface area contributed by atoms with E-state index in [1.807, 2.05) is 18.2 Å². The number of nitrogens with one attached hydrogen (secondary N) is 1. The fraction of sp³-hybridized carbons (Fsp3) is 0.122. The molecule has 6 aromatic rings. The Hall–Kier alpha value is -5.00. The molecule has 0 aromatic heterocycles. The maximum atomic E-state index is 6.84. The van der Waals surface area contributed by atoms with Gasteiger partial charge in [0, 0.05) is 33.9 Å². The monoisotopic (exact) mass is 641 g/mol. The Morgan fingerprint density at radius 1 is 0.458 bits per heavy atom. The van der Waals surface area contributed by atoms with Crippen LogP contribution in [0.25, 0.3) is 0 Å². The highest BCUT2D eigenvalue weighted by molar-refractivity contribution is 7.98. The van der Waals surface area contributed by atoms with E-state index in [9.17, 15) is 0 Å². The van der Waals surface area contributed by atoms with Crippen molar-refractivity contribution in [2.24, 2.45) is 0 Å². The number of para-hydroxylation sites is 2. The molecule has 0 saturated carbocycles. The molecule has 3 aliphatic heterocycles. The molecule has 0 unspecified atom stereocenters. The molecule has 0 spiro atoms. The van der Waals surface area contributed by atoms with Gasteiger partial charge in [-0.15, -0.1) is 11.8 Å². The first-order chi connectivity index (χ1) is 23.4. The van der Waals surface area contributed by atoms with Crippen LogP contribution in [0.5, 0.6) is 34.5 Å². The quantitative estimate of drug-likeness (QED) is 0.171. The maximum absolute atomic E-state index is 6.84. The Kier molecular flexibility index (Phi) is 6.70. The molecule has 0 saturated heterocycles. The van der Waals surface area contributed by atoms with Gasteiger partial charge in [0.05, 0.1) is 0 Å². The minimum absolute atomic E-state index is 0.0172. The normalized spacial score (nSPS) is 13.2. The van der Waals surface area contributed by atoms with Gasteiger partial charge in [-0.25, -0.2) is 0 Å². The number of hydrogen-bond donors (Lipinski definition) is 1. The first-order valence-corrected chi connectivity index (χ1v) is 17.7. The van der Waals surface area contributed by atoms with Crippen molar-refractivity contribution in [1.82, 2.24) is 0 Å². The van der Waals surface area contributed by atoms with Crippen LogP contribution in [0.3, 0.4) is 0 Å². The second-order valence-corrected chi connectivity index (χ2v) is 14.0. The molecule has 3 aliphatic rings. The minimum atomic E-state index is -0.0403. The van der Waals surface area contributed by atoms with Crippen molar-refractivity contribution in [3.63, 3.8) is 0 Å². The van der Waals surface area contributed by atoms with Crippen molar-refractivity contribution >= 4 is 69.3 Å². The highest BCUT2D eigenvalue weighted by Gasteiger charge is 2.43. The van der Waals surface area contributed by atoms with Crippen LogP contribution in [-0.4, -0.2) is 19.7 Å². The zero-order chi connectivity index (χ0) is 32.7. The van der Waals surface area contributed by atoms with Crippen LogP contribution in [0.2, 0.25) is 0 Å². The largest absolute Gasteiger partial charge is 0.458 e. The van der Waals surface area contributed by atoms with Crippen molar-refractivity contribution in [3.05, 3.63) is 125 Å². The van der Waals surface area contributed by atoms with Crippen LogP contribution in [0.15, 0.2) is 108 Å². The van der Waals surface area contributed by atoms with E-state index in [-0.39, 0.29) is 13.4 Å². The van der Waals surface area contributed by atoms with Gasteiger partial charge in [-0.2, -0.15) is 0 Å².